The fraction of sp³-hybridized carbons (Fsp3) is 0.500. The number of rotatable bonds is 9. The van der Waals surface area contributed by atoms with Crippen molar-refractivity contribution in [2.24, 2.45) is 0 Å². The number of aromatic hydroxyl groups is 3. The number of amides is 1. The van der Waals surface area contributed by atoms with Crippen molar-refractivity contribution in [3.05, 3.63) is 29.8 Å². The molecule has 0 spiro atoms. The lowest BCUT2D eigenvalue weighted by atomic mass is 9.92. The molecule has 1 rings (SSSR count). The summed E-state index contributed by atoms with van der Waals surface area (Å²) < 4.78 is 0. The van der Waals surface area contributed by atoms with E-state index in [1.54, 1.807) is 6.92 Å². The van der Waals surface area contributed by atoms with Crippen molar-refractivity contribution in [1.29, 1.82) is 0 Å². The van der Waals surface area contributed by atoms with Gasteiger partial charge in [0.15, 0.2) is 17.2 Å². The zero-order valence-corrected chi connectivity index (χ0v) is 13.9. The molecule has 1 amide bonds. The van der Waals surface area contributed by atoms with Crippen LogP contribution in [0.2, 0.25) is 0 Å². The van der Waals surface area contributed by atoms with Crippen molar-refractivity contribution in [2.45, 2.75) is 51.9 Å². The second-order valence-electron chi connectivity index (χ2n) is 5.94. The number of hydrogen-bond acceptors (Lipinski definition) is 4. The van der Waals surface area contributed by atoms with Crippen molar-refractivity contribution < 1.29 is 20.1 Å². The third kappa shape index (κ3) is 5.85. The summed E-state index contributed by atoms with van der Waals surface area (Å²) in [6, 6.07) is 2.87. The van der Waals surface area contributed by atoms with E-state index in [2.05, 4.69) is 18.8 Å². The monoisotopic (exact) mass is 321 g/mol. The normalized spacial score (nSPS) is 11.9. The summed E-state index contributed by atoms with van der Waals surface area (Å²) in [7, 11) is 0. The molecule has 23 heavy (non-hydrogen) atoms. The first-order chi connectivity index (χ1) is 10.9. The van der Waals surface area contributed by atoms with E-state index in [1.165, 1.54) is 12.1 Å². The summed E-state index contributed by atoms with van der Waals surface area (Å²) in [5.41, 5.74) is 1.13. The smallest absolute Gasteiger partial charge is 0.246 e. The molecule has 0 aliphatic rings. The zero-order valence-electron chi connectivity index (χ0n) is 13.9. The number of unbranched alkanes of at least 4 members (excludes halogenated alkanes) is 3. The van der Waals surface area contributed by atoms with Gasteiger partial charge in [-0.25, -0.2) is 0 Å². The van der Waals surface area contributed by atoms with E-state index in [0.29, 0.717) is 17.7 Å². The Labute approximate surface area is 137 Å². The van der Waals surface area contributed by atoms with Crippen LogP contribution in [0.5, 0.6) is 17.2 Å². The highest BCUT2D eigenvalue weighted by Crippen LogP contribution is 2.38. The molecule has 1 aromatic rings. The van der Waals surface area contributed by atoms with Crippen LogP contribution in [0, 0.1) is 0 Å². The van der Waals surface area contributed by atoms with E-state index < -0.39 is 5.75 Å². The fourth-order valence-corrected chi connectivity index (χ4v) is 2.43. The maximum Gasteiger partial charge on any atom is 0.246 e. The molecule has 0 saturated heterocycles. The Morgan fingerprint density at radius 1 is 1.17 bits per heavy atom. The van der Waals surface area contributed by atoms with E-state index in [9.17, 15) is 20.1 Å². The Kier molecular flexibility index (Phi) is 7.45. The standard InChI is InChI=1S/C18H27NO4/c1-4-5-6-7-8-13(11-19-18(23)12(2)3)14-9-15(20)17(22)16(21)10-14/h9-10,13,20-22H,2,4-8,11H2,1,3H3,(H,19,23). The molecule has 1 atom stereocenters. The largest absolute Gasteiger partial charge is 0.504 e. The van der Waals surface area contributed by atoms with Crippen LogP contribution in [0.1, 0.15) is 57.4 Å². The summed E-state index contributed by atoms with van der Waals surface area (Å²) >= 11 is 0. The minimum Gasteiger partial charge on any atom is -0.504 e. The lowest BCUT2D eigenvalue weighted by Crippen LogP contribution is -2.28. The average molecular weight is 321 g/mol. The zero-order chi connectivity index (χ0) is 17.4. The number of hydrogen-bond donors (Lipinski definition) is 4. The second-order valence-corrected chi connectivity index (χ2v) is 5.94. The predicted octanol–water partition coefficient (Wildman–Crippen LogP) is 3.55. The molecule has 0 aliphatic heterocycles. The molecule has 128 valence electrons. The third-order valence-electron chi connectivity index (χ3n) is 3.87. The van der Waals surface area contributed by atoms with Gasteiger partial charge in [0.1, 0.15) is 0 Å². The predicted molar refractivity (Wildman–Crippen MR) is 90.8 cm³/mol. The first-order valence-electron chi connectivity index (χ1n) is 8.05. The van der Waals surface area contributed by atoms with Crippen molar-refractivity contribution in [2.75, 3.05) is 6.54 Å². The Morgan fingerprint density at radius 3 is 2.30 bits per heavy atom. The van der Waals surface area contributed by atoms with Gasteiger partial charge in [-0.1, -0.05) is 39.2 Å². The van der Waals surface area contributed by atoms with Crippen molar-refractivity contribution in [3.63, 3.8) is 0 Å². The Morgan fingerprint density at radius 2 is 1.78 bits per heavy atom. The van der Waals surface area contributed by atoms with Gasteiger partial charge in [-0.15, -0.1) is 0 Å². The summed E-state index contributed by atoms with van der Waals surface area (Å²) in [5.74, 6) is -1.50. The Hall–Kier alpha value is -2.17. The van der Waals surface area contributed by atoms with Crippen molar-refractivity contribution >= 4 is 5.91 Å². The Balaban J connectivity index is 2.85. The summed E-state index contributed by atoms with van der Waals surface area (Å²) in [6.07, 6.45) is 5.19. The third-order valence-corrected chi connectivity index (χ3v) is 3.87. The SMILES string of the molecule is C=C(C)C(=O)NCC(CCCCCC)c1cc(O)c(O)c(O)c1. The van der Waals surface area contributed by atoms with Gasteiger partial charge in [0.25, 0.3) is 0 Å². The average Bonchev–Trinajstić information content (AvgIpc) is 2.51. The van der Waals surface area contributed by atoms with E-state index in [1.807, 2.05) is 0 Å². The molecule has 0 aliphatic carbocycles. The second kappa shape index (κ2) is 9.08. The topological polar surface area (TPSA) is 89.8 Å². The van der Waals surface area contributed by atoms with E-state index >= 15 is 0 Å². The van der Waals surface area contributed by atoms with E-state index in [0.717, 1.165) is 32.1 Å². The molecular formula is C18H27NO4. The summed E-state index contributed by atoms with van der Waals surface area (Å²) in [5, 5.41) is 31.7. The first kappa shape index (κ1) is 18.9. The van der Waals surface area contributed by atoms with Crippen LogP contribution in [0.3, 0.4) is 0 Å². The number of phenolic OH excluding ortho intramolecular Hbond substituents is 3. The van der Waals surface area contributed by atoms with Gasteiger partial charge < -0.3 is 20.6 Å². The maximum absolute atomic E-state index is 11.7. The molecule has 1 unspecified atom stereocenters. The number of carbonyl (C=O) groups is 1. The summed E-state index contributed by atoms with van der Waals surface area (Å²) in [6.45, 7) is 7.78. The van der Waals surface area contributed by atoms with Gasteiger partial charge in [0, 0.05) is 18.0 Å². The summed E-state index contributed by atoms with van der Waals surface area (Å²) in [4.78, 5) is 11.7. The van der Waals surface area contributed by atoms with Crippen LogP contribution in [-0.4, -0.2) is 27.8 Å². The molecule has 0 aromatic heterocycles. The van der Waals surface area contributed by atoms with Crippen molar-refractivity contribution in [1.82, 2.24) is 5.32 Å². The molecule has 0 radical (unpaired) electrons. The quantitative estimate of drug-likeness (QED) is 0.318. The first-order valence-corrected chi connectivity index (χ1v) is 8.05. The van der Waals surface area contributed by atoms with E-state index in [4.69, 9.17) is 0 Å². The lowest BCUT2D eigenvalue weighted by molar-refractivity contribution is -0.117. The van der Waals surface area contributed by atoms with Crippen LogP contribution in [0.25, 0.3) is 0 Å². The lowest BCUT2D eigenvalue weighted by Gasteiger charge is -2.19. The molecule has 0 fully saturated rings. The van der Waals surface area contributed by atoms with Crippen LogP contribution in [0.15, 0.2) is 24.3 Å². The van der Waals surface area contributed by atoms with Gasteiger partial charge in [-0.2, -0.15) is 0 Å². The number of nitrogens with one attached hydrogen (secondary N) is 1. The van der Waals surface area contributed by atoms with Crippen molar-refractivity contribution in [3.8, 4) is 17.2 Å². The molecule has 5 heteroatoms. The number of phenols is 3. The van der Waals surface area contributed by atoms with Gasteiger partial charge in [-0.3, -0.25) is 4.79 Å². The molecule has 5 nitrogen and oxygen atoms in total. The molecular weight excluding hydrogens is 294 g/mol. The fourth-order valence-electron chi connectivity index (χ4n) is 2.43. The highest BCUT2D eigenvalue weighted by Gasteiger charge is 2.17. The molecule has 0 saturated carbocycles. The van der Waals surface area contributed by atoms with Gasteiger partial charge in [-0.05, 0) is 31.0 Å². The van der Waals surface area contributed by atoms with Crippen LogP contribution in [-0.2, 0) is 4.79 Å². The molecule has 0 bridgehead atoms. The Bertz CT molecular complexity index is 531. The van der Waals surface area contributed by atoms with Gasteiger partial charge >= 0.3 is 0 Å². The van der Waals surface area contributed by atoms with Crippen LogP contribution < -0.4 is 5.32 Å². The molecule has 4 N–H and O–H groups in total. The minimum absolute atomic E-state index is 0.0486. The van der Waals surface area contributed by atoms with Gasteiger partial charge in [0.2, 0.25) is 5.91 Å². The number of benzene rings is 1. The van der Waals surface area contributed by atoms with Crippen LogP contribution >= 0.6 is 0 Å². The highest BCUT2D eigenvalue weighted by molar-refractivity contribution is 5.92. The molecule has 0 heterocycles. The maximum atomic E-state index is 11.7. The van der Waals surface area contributed by atoms with Gasteiger partial charge in [0.05, 0.1) is 0 Å². The van der Waals surface area contributed by atoms with Crippen LogP contribution in [0.4, 0.5) is 0 Å². The van der Waals surface area contributed by atoms with E-state index in [-0.39, 0.29) is 23.3 Å². The molecule has 1 aromatic carbocycles. The number of carbonyl (C=O) groups excluding carboxylic acids is 1. The minimum atomic E-state index is -0.524. The highest BCUT2D eigenvalue weighted by atomic mass is 16.3.